The highest BCUT2D eigenvalue weighted by atomic mass is 16.5. The van der Waals surface area contributed by atoms with Gasteiger partial charge in [0.05, 0.1) is 7.11 Å². The van der Waals surface area contributed by atoms with Gasteiger partial charge in [0.1, 0.15) is 5.41 Å². The number of rotatable bonds is 3. The smallest absolute Gasteiger partial charge is 0.321 e. The average molecular weight is 241 g/mol. The van der Waals surface area contributed by atoms with Gasteiger partial charge in [-0.15, -0.1) is 0 Å². The van der Waals surface area contributed by atoms with Gasteiger partial charge in [-0.3, -0.25) is 9.59 Å². The largest absolute Gasteiger partial charge is 0.468 e. The average Bonchev–Trinajstić information content (AvgIpc) is 2.28. The van der Waals surface area contributed by atoms with E-state index in [-0.39, 0.29) is 11.9 Å². The zero-order valence-electron chi connectivity index (χ0n) is 10.2. The molecule has 1 amide bonds. The Morgan fingerprint density at radius 2 is 1.94 bits per heavy atom. The van der Waals surface area contributed by atoms with Crippen molar-refractivity contribution in [1.29, 1.82) is 0 Å². The van der Waals surface area contributed by atoms with Crippen LogP contribution in [0.3, 0.4) is 0 Å². The highest BCUT2D eigenvalue weighted by Gasteiger charge is 2.52. The summed E-state index contributed by atoms with van der Waals surface area (Å²) in [5.74, 6) is -0.559. The molecule has 1 saturated carbocycles. The third kappa shape index (κ3) is 2.29. The first-order chi connectivity index (χ1) is 8.19. The number of carbonyl (C=O) groups excluding carboxylic acids is 2. The molecule has 5 nitrogen and oxygen atoms in total. The summed E-state index contributed by atoms with van der Waals surface area (Å²) in [4.78, 5) is 23.9. The lowest BCUT2D eigenvalue weighted by Gasteiger charge is -2.38. The van der Waals surface area contributed by atoms with Gasteiger partial charge in [0.25, 0.3) is 0 Å². The van der Waals surface area contributed by atoms with Crippen molar-refractivity contribution in [3.63, 3.8) is 0 Å². The second-order valence-electron chi connectivity index (χ2n) is 4.79. The molecule has 0 radical (unpaired) electrons. The van der Waals surface area contributed by atoms with Gasteiger partial charge in [-0.2, -0.15) is 0 Å². The van der Waals surface area contributed by atoms with Crippen LogP contribution in [-0.2, 0) is 19.1 Å². The maximum atomic E-state index is 12.2. The summed E-state index contributed by atoms with van der Waals surface area (Å²) in [5.41, 5.74) is -0.910. The molecule has 96 valence electrons. The molecular formula is C12H19NO4. The fourth-order valence-corrected chi connectivity index (χ4v) is 2.42. The van der Waals surface area contributed by atoms with Gasteiger partial charge < -0.3 is 14.8 Å². The lowest BCUT2D eigenvalue weighted by Crippen LogP contribution is -2.54. The van der Waals surface area contributed by atoms with E-state index >= 15 is 0 Å². The van der Waals surface area contributed by atoms with Gasteiger partial charge in [-0.25, -0.2) is 0 Å². The minimum absolute atomic E-state index is 0.137. The summed E-state index contributed by atoms with van der Waals surface area (Å²) in [7, 11) is 1.34. The van der Waals surface area contributed by atoms with Crippen LogP contribution in [0.25, 0.3) is 0 Å². The topological polar surface area (TPSA) is 64.6 Å². The van der Waals surface area contributed by atoms with Crippen molar-refractivity contribution >= 4 is 11.9 Å². The molecule has 2 aliphatic rings. The van der Waals surface area contributed by atoms with E-state index in [1.54, 1.807) is 0 Å². The number of carbonyl (C=O) groups is 2. The first kappa shape index (κ1) is 12.4. The molecule has 17 heavy (non-hydrogen) atoms. The molecule has 1 aliphatic heterocycles. The van der Waals surface area contributed by atoms with E-state index in [4.69, 9.17) is 9.47 Å². The molecule has 0 unspecified atom stereocenters. The van der Waals surface area contributed by atoms with Crippen LogP contribution in [0, 0.1) is 5.41 Å². The fraction of sp³-hybridized carbons (Fsp3) is 0.833. The molecule has 0 aromatic carbocycles. The SMILES string of the molecule is COC(=O)C1(C(=O)NC2CCOCC2)CCC1. The number of amides is 1. The quantitative estimate of drug-likeness (QED) is 0.581. The van der Waals surface area contributed by atoms with E-state index in [0.717, 1.165) is 19.3 Å². The van der Waals surface area contributed by atoms with Gasteiger partial charge in [0.15, 0.2) is 0 Å². The van der Waals surface area contributed by atoms with Crippen molar-refractivity contribution in [3.05, 3.63) is 0 Å². The summed E-state index contributed by atoms with van der Waals surface area (Å²) in [5, 5.41) is 2.96. The zero-order valence-corrected chi connectivity index (χ0v) is 10.2. The molecule has 0 atom stereocenters. The van der Waals surface area contributed by atoms with Gasteiger partial charge in [-0.05, 0) is 25.7 Å². The van der Waals surface area contributed by atoms with Crippen molar-refractivity contribution in [2.45, 2.75) is 38.1 Å². The van der Waals surface area contributed by atoms with Crippen LogP contribution < -0.4 is 5.32 Å². The molecule has 1 heterocycles. The molecule has 0 aromatic rings. The van der Waals surface area contributed by atoms with Crippen molar-refractivity contribution in [1.82, 2.24) is 5.32 Å². The second kappa shape index (κ2) is 5.04. The first-order valence-electron chi connectivity index (χ1n) is 6.16. The first-order valence-corrected chi connectivity index (χ1v) is 6.16. The minimum atomic E-state index is -0.910. The van der Waals surface area contributed by atoms with Gasteiger partial charge in [0.2, 0.25) is 5.91 Å². The Kier molecular flexibility index (Phi) is 3.66. The number of methoxy groups -OCH3 is 1. The highest BCUT2D eigenvalue weighted by molar-refractivity contribution is 6.03. The summed E-state index contributed by atoms with van der Waals surface area (Å²) in [6.45, 7) is 1.35. The minimum Gasteiger partial charge on any atom is -0.468 e. The van der Waals surface area contributed by atoms with E-state index in [2.05, 4.69) is 5.32 Å². The van der Waals surface area contributed by atoms with Gasteiger partial charge in [0, 0.05) is 19.3 Å². The molecule has 0 spiro atoms. The van der Waals surface area contributed by atoms with Crippen molar-refractivity contribution in [2.75, 3.05) is 20.3 Å². The molecule has 2 fully saturated rings. The number of esters is 1. The van der Waals surface area contributed by atoms with Crippen LogP contribution in [0.15, 0.2) is 0 Å². The summed E-state index contributed by atoms with van der Waals surface area (Å²) in [6, 6.07) is 0.137. The Labute approximate surface area is 101 Å². The number of hydrogen-bond donors (Lipinski definition) is 1. The zero-order chi connectivity index (χ0) is 12.3. The Bertz CT molecular complexity index is 306. The normalized spacial score (nSPS) is 23.6. The Balaban J connectivity index is 1.95. The third-order valence-corrected chi connectivity index (χ3v) is 3.77. The van der Waals surface area contributed by atoms with Crippen molar-refractivity contribution in [2.24, 2.45) is 5.41 Å². The van der Waals surface area contributed by atoms with Crippen molar-refractivity contribution < 1.29 is 19.1 Å². The predicted octanol–water partition coefficient (Wildman–Crippen LogP) is 0.625. The number of nitrogens with one attached hydrogen (secondary N) is 1. The molecular weight excluding hydrogens is 222 g/mol. The van der Waals surface area contributed by atoms with Crippen LogP contribution in [-0.4, -0.2) is 38.2 Å². The Morgan fingerprint density at radius 1 is 1.29 bits per heavy atom. The van der Waals surface area contributed by atoms with Gasteiger partial charge >= 0.3 is 5.97 Å². The van der Waals surface area contributed by atoms with Crippen LogP contribution >= 0.6 is 0 Å². The number of ether oxygens (including phenoxy) is 2. The molecule has 1 N–H and O–H groups in total. The summed E-state index contributed by atoms with van der Waals surface area (Å²) >= 11 is 0. The van der Waals surface area contributed by atoms with E-state index in [1.807, 2.05) is 0 Å². The molecule has 0 aromatic heterocycles. The lowest BCUT2D eigenvalue weighted by molar-refractivity contribution is -0.165. The molecule has 0 bridgehead atoms. The standard InChI is InChI=1S/C12H19NO4/c1-16-11(15)12(5-2-6-12)10(14)13-9-3-7-17-8-4-9/h9H,2-8H2,1H3,(H,13,14). The molecule has 1 saturated heterocycles. The third-order valence-electron chi connectivity index (χ3n) is 3.77. The monoisotopic (exact) mass is 241 g/mol. The van der Waals surface area contributed by atoms with E-state index in [1.165, 1.54) is 7.11 Å². The summed E-state index contributed by atoms with van der Waals surface area (Å²) < 4.78 is 9.98. The van der Waals surface area contributed by atoms with E-state index in [9.17, 15) is 9.59 Å². The lowest BCUT2D eigenvalue weighted by atomic mass is 9.68. The van der Waals surface area contributed by atoms with Gasteiger partial charge in [-0.1, -0.05) is 6.42 Å². The maximum absolute atomic E-state index is 12.2. The van der Waals surface area contributed by atoms with Crippen LogP contribution in [0.1, 0.15) is 32.1 Å². The molecule has 2 rings (SSSR count). The van der Waals surface area contributed by atoms with E-state index in [0.29, 0.717) is 26.1 Å². The fourth-order valence-electron chi connectivity index (χ4n) is 2.42. The maximum Gasteiger partial charge on any atom is 0.321 e. The van der Waals surface area contributed by atoms with Crippen LogP contribution in [0.4, 0.5) is 0 Å². The van der Waals surface area contributed by atoms with Crippen LogP contribution in [0.2, 0.25) is 0 Å². The summed E-state index contributed by atoms with van der Waals surface area (Å²) in [6.07, 6.45) is 3.77. The Morgan fingerprint density at radius 3 is 2.41 bits per heavy atom. The van der Waals surface area contributed by atoms with Crippen molar-refractivity contribution in [3.8, 4) is 0 Å². The number of hydrogen-bond acceptors (Lipinski definition) is 4. The molecule has 1 aliphatic carbocycles. The Hall–Kier alpha value is -1.10. The highest BCUT2D eigenvalue weighted by Crippen LogP contribution is 2.42. The second-order valence-corrected chi connectivity index (χ2v) is 4.79. The van der Waals surface area contributed by atoms with E-state index < -0.39 is 11.4 Å². The van der Waals surface area contributed by atoms with Crippen LogP contribution in [0.5, 0.6) is 0 Å². The predicted molar refractivity (Wildman–Crippen MR) is 60.3 cm³/mol. The molecule has 5 heteroatoms.